The number of nitrogens with zero attached hydrogens (tertiary/aromatic N) is 1. The lowest BCUT2D eigenvalue weighted by Gasteiger charge is -2.24. The lowest BCUT2D eigenvalue weighted by molar-refractivity contribution is -0.133. The third-order valence-electron chi connectivity index (χ3n) is 4.23. The van der Waals surface area contributed by atoms with Gasteiger partial charge in [0.2, 0.25) is 5.91 Å². The van der Waals surface area contributed by atoms with Gasteiger partial charge in [0.15, 0.2) is 0 Å². The van der Waals surface area contributed by atoms with E-state index in [0.717, 1.165) is 32.4 Å². The second-order valence-corrected chi connectivity index (χ2v) is 5.91. The topological polar surface area (TPSA) is 32.3 Å². The van der Waals surface area contributed by atoms with Crippen molar-refractivity contribution in [1.82, 2.24) is 10.2 Å². The van der Waals surface area contributed by atoms with Crippen molar-refractivity contribution >= 4 is 18.3 Å². The molecule has 1 aliphatic carbocycles. The van der Waals surface area contributed by atoms with Gasteiger partial charge in [0.1, 0.15) is 5.82 Å². The molecule has 1 amide bonds. The second kappa shape index (κ2) is 7.23. The fourth-order valence-corrected chi connectivity index (χ4v) is 2.87. The van der Waals surface area contributed by atoms with Crippen molar-refractivity contribution in [2.45, 2.75) is 38.3 Å². The van der Waals surface area contributed by atoms with Crippen LogP contribution in [0.5, 0.6) is 0 Å². The largest absolute Gasteiger partial charge is 0.335 e. The Labute approximate surface area is 131 Å². The van der Waals surface area contributed by atoms with Crippen LogP contribution in [-0.2, 0) is 11.3 Å². The van der Waals surface area contributed by atoms with Gasteiger partial charge in [0.05, 0.1) is 0 Å². The SMILES string of the molecule is Cl.O=C(CC1CCNC1)N(Cc1ccccc1F)C1CC1. The number of carbonyl (C=O) groups is 1. The van der Waals surface area contributed by atoms with Gasteiger partial charge in [-0.15, -0.1) is 12.4 Å². The summed E-state index contributed by atoms with van der Waals surface area (Å²) in [6.07, 6.45) is 3.79. The van der Waals surface area contributed by atoms with E-state index in [4.69, 9.17) is 0 Å². The van der Waals surface area contributed by atoms with Crippen LogP contribution >= 0.6 is 12.4 Å². The molecule has 1 unspecified atom stereocenters. The van der Waals surface area contributed by atoms with E-state index in [9.17, 15) is 9.18 Å². The first kappa shape index (κ1) is 16.2. The molecule has 3 rings (SSSR count). The van der Waals surface area contributed by atoms with E-state index in [1.807, 2.05) is 11.0 Å². The van der Waals surface area contributed by atoms with E-state index in [1.54, 1.807) is 12.1 Å². The Hall–Kier alpha value is -1.13. The Morgan fingerprint density at radius 2 is 2.05 bits per heavy atom. The van der Waals surface area contributed by atoms with E-state index in [2.05, 4.69) is 5.32 Å². The minimum atomic E-state index is -0.214. The summed E-state index contributed by atoms with van der Waals surface area (Å²) in [5.74, 6) is 0.419. The summed E-state index contributed by atoms with van der Waals surface area (Å²) in [5, 5.41) is 3.29. The normalized spacial score (nSPS) is 20.9. The van der Waals surface area contributed by atoms with E-state index in [0.29, 0.717) is 30.5 Å². The van der Waals surface area contributed by atoms with Crippen molar-refractivity contribution in [2.75, 3.05) is 13.1 Å². The summed E-state index contributed by atoms with van der Waals surface area (Å²) < 4.78 is 13.8. The van der Waals surface area contributed by atoms with Crippen LogP contribution in [0.3, 0.4) is 0 Å². The molecular weight excluding hydrogens is 291 g/mol. The molecule has 2 aliphatic rings. The highest BCUT2D eigenvalue weighted by Gasteiger charge is 2.34. The van der Waals surface area contributed by atoms with Gasteiger partial charge in [0, 0.05) is 24.6 Å². The van der Waals surface area contributed by atoms with Crippen LogP contribution in [0, 0.1) is 11.7 Å². The molecule has 0 bridgehead atoms. The summed E-state index contributed by atoms with van der Waals surface area (Å²) >= 11 is 0. The Balaban J connectivity index is 0.00000161. The predicted octanol–water partition coefficient (Wildman–Crippen LogP) is 2.74. The quantitative estimate of drug-likeness (QED) is 0.906. The van der Waals surface area contributed by atoms with Gasteiger partial charge in [0.25, 0.3) is 0 Å². The summed E-state index contributed by atoms with van der Waals surface area (Å²) in [6, 6.07) is 7.08. The molecule has 1 saturated heterocycles. The van der Waals surface area contributed by atoms with E-state index >= 15 is 0 Å². The monoisotopic (exact) mass is 312 g/mol. The van der Waals surface area contributed by atoms with Crippen LogP contribution in [-0.4, -0.2) is 29.9 Å². The molecule has 3 nitrogen and oxygen atoms in total. The zero-order valence-electron chi connectivity index (χ0n) is 12.1. The molecule has 1 heterocycles. The predicted molar refractivity (Wildman–Crippen MR) is 82.8 cm³/mol. The molecule has 2 fully saturated rings. The molecule has 1 aliphatic heterocycles. The van der Waals surface area contributed by atoms with Crippen LogP contribution in [0.15, 0.2) is 24.3 Å². The zero-order valence-corrected chi connectivity index (χ0v) is 12.9. The maximum absolute atomic E-state index is 13.8. The molecule has 0 aromatic heterocycles. The maximum atomic E-state index is 13.8. The van der Waals surface area contributed by atoms with Crippen molar-refractivity contribution in [3.8, 4) is 0 Å². The van der Waals surface area contributed by atoms with Crippen molar-refractivity contribution in [3.63, 3.8) is 0 Å². The van der Waals surface area contributed by atoms with Gasteiger partial charge >= 0.3 is 0 Å². The Morgan fingerprint density at radius 3 is 2.67 bits per heavy atom. The molecule has 21 heavy (non-hydrogen) atoms. The molecular formula is C16H22ClFN2O. The molecule has 1 saturated carbocycles. The van der Waals surface area contributed by atoms with Gasteiger partial charge in [-0.05, 0) is 44.3 Å². The molecule has 1 aromatic carbocycles. The highest BCUT2D eigenvalue weighted by Crippen LogP contribution is 2.30. The number of rotatable bonds is 5. The van der Waals surface area contributed by atoms with Crippen LogP contribution in [0.4, 0.5) is 4.39 Å². The first-order valence-electron chi connectivity index (χ1n) is 7.47. The molecule has 1 N–H and O–H groups in total. The minimum absolute atomic E-state index is 0. The van der Waals surface area contributed by atoms with Gasteiger partial charge < -0.3 is 10.2 Å². The average molecular weight is 313 g/mol. The molecule has 0 radical (unpaired) electrons. The smallest absolute Gasteiger partial charge is 0.223 e. The number of hydrogen-bond donors (Lipinski definition) is 1. The Kier molecular flexibility index (Phi) is 5.59. The van der Waals surface area contributed by atoms with Gasteiger partial charge in [-0.3, -0.25) is 4.79 Å². The molecule has 0 spiro atoms. The van der Waals surface area contributed by atoms with Crippen LogP contribution in [0.1, 0.15) is 31.2 Å². The van der Waals surface area contributed by atoms with Crippen LogP contribution in [0.25, 0.3) is 0 Å². The number of carbonyl (C=O) groups excluding carboxylic acids is 1. The molecule has 1 aromatic rings. The van der Waals surface area contributed by atoms with Gasteiger partial charge in [-0.2, -0.15) is 0 Å². The van der Waals surface area contributed by atoms with E-state index in [1.165, 1.54) is 6.07 Å². The third-order valence-corrected chi connectivity index (χ3v) is 4.23. The third kappa shape index (κ3) is 4.17. The first-order valence-corrected chi connectivity index (χ1v) is 7.47. The van der Waals surface area contributed by atoms with Crippen molar-refractivity contribution in [2.24, 2.45) is 5.92 Å². The summed E-state index contributed by atoms with van der Waals surface area (Å²) in [5.41, 5.74) is 0.622. The number of amides is 1. The van der Waals surface area contributed by atoms with E-state index in [-0.39, 0.29) is 24.1 Å². The summed E-state index contributed by atoms with van der Waals surface area (Å²) in [7, 11) is 0. The number of benzene rings is 1. The second-order valence-electron chi connectivity index (χ2n) is 5.91. The Bertz CT molecular complexity index is 487. The molecule has 1 atom stereocenters. The number of nitrogens with one attached hydrogen (secondary N) is 1. The first-order chi connectivity index (χ1) is 9.74. The number of halogens is 2. The fourth-order valence-electron chi connectivity index (χ4n) is 2.87. The Morgan fingerprint density at radius 1 is 1.29 bits per heavy atom. The lowest BCUT2D eigenvalue weighted by Crippen LogP contribution is -2.34. The van der Waals surface area contributed by atoms with Gasteiger partial charge in [-0.1, -0.05) is 18.2 Å². The van der Waals surface area contributed by atoms with E-state index < -0.39 is 0 Å². The molecule has 116 valence electrons. The van der Waals surface area contributed by atoms with Crippen molar-refractivity contribution in [1.29, 1.82) is 0 Å². The highest BCUT2D eigenvalue weighted by molar-refractivity contribution is 5.85. The molecule has 5 heteroatoms. The average Bonchev–Trinajstić information content (AvgIpc) is 3.15. The summed E-state index contributed by atoms with van der Waals surface area (Å²) in [6.45, 7) is 2.36. The minimum Gasteiger partial charge on any atom is -0.335 e. The summed E-state index contributed by atoms with van der Waals surface area (Å²) in [4.78, 5) is 14.4. The standard InChI is InChI=1S/C16H21FN2O.ClH/c17-15-4-2-1-3-13(15)11-19(14-5-6-14)16(20)9-12-7-8-18-10-12;/h1-4,12,14,18H,5-11H2;1H. The zero-order chi connectivity index (χ0) is 13.9. The van der Waals surface area contributed by atoms with Crippen LogP contribution in [0.2, 0.25) is 0 Å². The van der Waals surface area contributed by atoms with Crippen molar-refractivity contribution < 1.29 is 9.18 Å². The maximum Gasteiger partial charge on any atom is 0.223 e. The van der Waals surface area contributed by atoms with Crippen LogP contribution < -0.4 is 5.32 Å². The van der Waals surface area contributed by atoms with Gasteiger partial charge in [-0.25, -0.2) is 4.39 Å². The van der Waals surface area contributed by atoms with Crippen molar-refractivity contribution in [3.05, 3.63) is 35.6 Å². The highest BCUT2D eigenvalue weighted by atomic mass is 35.5. The fraction of sp³-hybridized carbons (Fsp3) is 0.562. The lowest BCUT2D eigenvalue weighted by atomic mass is 10.0. The number of hydrogen-bond acceptors (Lipinski definition) is 2.